The Morgan fingerprint density at radius 3 is 3.00 bits per heavy atom. The van der Waals surface area contributed by atoms with Gasteiger partial charge in [-0.15, -0.1) is 0 Å². The molecule has 7 heteroatoms. The third kappa shape index (κ3) is 2.93. The third-order valence-electron chi connectivity index (χ3n) is 3.07. The fourth-order valence-electron chi connectivity index (χ4n) is 2.15. The van der Waals surface area contributed by atoms with E-state index in [2.05, 4.69) is 9.97 Å². The Morgan fingerprint density at radius 1 is 1.58 bits per heavy atom. The van der Waals surface area contributed by atoms with Crippen LogP contribution in [-0.2, 0) is 9.53 Å². The molecule has 2 atom stereocenters. The monoisotopic (exact) mass is 267 g/mol. The van der Waals surface area contributed by atoms with Crippen molar-refractivity contribution in [3.8, 4) is 5.88 Å². The van der Waals surface area contributed by atoms with Crippen molar-refractivity contribution in [2.45, 2.75) is 25.5 Å². The van der Waals surface area contributed by atoms with Crippen LogP contribution in [0.4, 0.5) is 5.82 Å². The van der Waals surface area contributed by atoms with Crippen LogP contribution in [0.15, 0.2) is 12.4 Å². The number of hydrogen-bond donors (Lipinski definition) is 1. The zero-order valence-electron chi connectivity index (χ0n) is 10.9. The molecule has 0 spiro atoms. The number of carboxylic acid groups (broad SMARTS) is 1. The van der Waals surface area contributed by atoms with Crippen molar-refractivity contribution in [2.24, 2.45) is 0 Å². The number of carbonyl (C=O) groups is 1. The average Bonchev–Trinajstić information content (AvgIpc) is 2.84. The van der Waals surface area contributed by atoms with E-state index in [1.165, 1.54) is 12.4 Å². The molecule has 7 nitrogen and oxygen atoms in total. The van der Waals surface area contributed by atoms with Crippen molar-refractivity contribution in [2.75, 3.05) is 25.2 Å². The summed E-state index contributed by atoms with van der Waals surface area (Å²) in [7, 11) is 1.58. The molecule has 1 aromatic rings. The summed E-state index contributed by atoms with van der Waals surface area (Å²) < 4.78 is 10.5. The molecule has 1 fully saturated rings. The van der Waals surface area contributed by atoms with Crippen LogP contribution < -0.4 is 9.64 Å². The highest BCUT2D eigenvalue weighted by Crippen LogP contribution is 2.26. The fourth-order valence-corrected chi connectivity index (χ4v) is 2.15. The number of anilines is 1. The first-order chi connectivity index (χ1) is 9.15. The molecule has 2 unspecified atom stereocenters. The average molecular weight is 267 g/mol. The number of ether oxygens (including phenoxy) is 2. The maximum absolute atomic E-state index is 11.3. The molecule has 2 heterocycles. The highest BCUT2D eigenvalue weighted by Gasteiger charge is 2.38. The molecular weight excluding hydrogens is 250 g/mol. The number of nitrogens with zero attached hydrogens (tertiary/aromatic N) is 3. The zero-order valence-corrected chi connectivity index (χ0v) is 10.9. The first-order valence-corrected chi connectivity index (χ1v) is 6.12. The SMILES string of the molecule is CCOc1cncc(N2CC(OC)CC2C(=O)O)n1. The molecule has 1 N–H and O–H groups in total. The van der Waals surface area contributed by atoms with E-state index in [0.717, 1.165) is 0 Å². The molecule has 0 aliphatic carbocycles. The highest BCUT2D eigenvalue weighted by molar-refractivity contribution is 5.78. The topological polar surface area (TPSA) is 84.8 Å². The normalized spacial score (nSPS) is 22.5. The maximum Gasteiger partial charge on any atom is 0.326 e. The first kappa shape index (κ1) is 13.5. The molecule has 19 heavy (non-hydrogen) atoms. The highest BCUT2D eigenvalue weighted by atomic mass is 16.5. The summed E-state index contributed by atoms with van der Waals surface area (Å²) in [5.41, 5.74) is 0. The lowest BCUT2D eigenvalue weighted by Crippen LogP contribution is -2.36. The van der Waals surface area contributed by atoms with Crippen molar-refractivity contribution < 1.29 is 19.4 Å². The van der Waals surface area contributed by atoms with Crippen LogP contribution in [-0.4, -0.2) is 53.5 Å². The van der Waals surface area contributed by atoms with E-state index in [1.54, 1.807) is 12.0 Å². The first-order valence-electron chi connectivity index (χ1n) is 6.12. The van der Waals surface area contributed by atoms with Gasteiger partial charge in [-0.25, -0.2) is 4.79 Å². The number of aliphatic carboxylic acids is 1. The van der Waals surface area contributed by atoms with Gasteiger partial charge in [0.15, 0.2) is 5.82 Å². The van der Waals surface area contributed by atoms with Gasteiger partial charge in [0, 0.05) is 20.1 Å². The van der Waals surface area contributed by atoms with E-state index in [4.69, 9.17) is 9.47 Å². The molecule has 2 rings (SSSR count). The number of hydrogen-bond acceptors (Lipinski definition) is 6. The van der Waals surface area contributed by atoms with E-state index < -0.39 is 12.0 Å². The van der Waals surface area contributed by atoms with E-state index >= 15 is 0 Å². The molecule has 0 amide bonds. The molecule has 0 aromatic carbocycles. The van der Waals surface area contributed by atoms with Gasteiger partial charge in [-0.1, -0.05) is 0 Å². The molecule has 0 bridgehead atoms. The summed E-state index contributed by atoms with van der Waals surface area (Å²) in [6.45, 7) is 2.82. The molecule has 0 saturated carbocycles. The van der Waals surface area contributed by atoms with E-state index in [1.807, 2.05) is 6.92 Å². The Bertz CT molecular complexity index is 454. The van der Waals surface area contributed by atoms with E-state index in [-0.39, 0.29) is 6.10 Å². The molecule has 1 saturated heterocycles. The molecule has 1 aliphatic heterocycles. The lowest BCUT2D eigenvalue weighted by atomic mass is 10.2. The predicted octanol–water partition coefficient (Wildman–Crippen LogP) is 0.554. The van der Waals surface area contributed by atoms with E-state index in [0.29, 0.717) is 31.3 Å². The van der Waals surface area contributed by atoms with Crippen LogP contribution in [0.5, 0.6) is 5.88 Å². The van der Waals surface area contributed by atoms with Gasteiger partial charge in [-0.2, -0.15) is 4.98 Å². The van der Waals surface area contributed by atoms with Gasteiger partial charge in [0.05, 0.1) is 25.1 Å². The Morgan fingerprint density at radius 2 is 2.37 bits per heavy atom. The molecular formula is C12H17N3O4. The smallest absolute Gasteiger partial charge is 0.326 e. The van der Waals surface area contributed by atoms with Crippen LogP contribution in [0.25, 0.3) is 0 Å². The van der Waals surface area contributed by atoms with Crippen LogP contribution in [0.2, 0.25) is 0 Å². The Hall–Kier alpha value is -1.89. The zero-order chi connectivity index (χ0) is 13.8. The number of rotatable bonds is 5. The summed E-state index contributed by atoms with van der Waals surface area (Å²) in [6, 6.07) is -0.642. The number of methoxy groups -OCH3 is 1. The predicted molar refractivity (Wildman–Crippen MR) is 67.4 cm³/mol. The maximum atomic E-state index is 11.3. The Balaban J connectivity index is 2.23. The van der Waals surface area contributed by atoms with Crippen molar-refractivity contribution in [3.63, 3.8) is 0 Å². The van der Waals surface area contributed by atoms with Crippen molar-refractivity contribution in [1.82, 2.24) is 9.97 Å². The van der Waals surface area contributed by atoms with Crippen LogP contribution in [0.3, 0.4) is 0 Å². The van der Waals surface area contributed by atoms with Crippen molar-refractivity contribution in [3.05, 3.63) is 12.4 Å². The summed E-state index contributed by atoms with van der Waals surface area (Å²) in [6.07, 6.45) is 3.37. The largest absolute Gasteiger partial charge is 0.480 e. The quantitative estimate of drug-likeness (QED) is 0.834. The third-order valence-corrected chi connectivity index (χ3v) is 3.07. The second kappa shape index (κ2) is 5.83. The van der Waals surface area contributed by atoms with Gasteiger partial charge in [-0.05, 0) is 6.92 Å². The standard InChI is InChI=1S/C12H17N3O4/c1-3-19-11-6-13-5-10(14-11)15-7-8(18-2)4-9(15)12(16)17/h5-6,8-9H,3-4,7H2,1-2H3,(H,16,17). The summed E-state index contributed by atoms with van der Waals surface area (Å²) in [5.74, 6) is 0.00562. The van der Waals surface area contributed by atoms with Crippen LogP contribution >= 0.6 is 0 Å². The number of aromatic nitrogens is 2. The van der Waals surface area contributed by atoms with Crippen molar-refractivity contribution >= 4 is 11.8 Å². The van der Waals surface area contributed by atoms with Crippen LogP contribution in [0, 0.1) is 0 Å². The lowest BCUT2D eigenvalue weighted by Gasteiger charge is -2.22. The summed E-state index contributed by atoms with van der Waals surface area (Å²) >= 11 is 0. The fraction of sp³-hybridized carbons (Fsp3) is 0.583. The molecule has 0 radical (unpaired) electrons. The van der Waals surface area contributed by atoms with Gasteiger partial charge < -0.3 is 19.5 Å². The van der Waals surface area contributed by atoms with Crippen LogP contribution in [0.1, 0.15) is 13.3 Å². The minimum atomic E-state index is -0.886. The van der Waals surface area contributed by atoms with E-state index in [9.17, 15) is 9.90 Å². The number of carboxylic acids is 1. The minimum Gasteiger partial charge on any atom is -0.480 e. The van der Waals surface area contributed by atoms with Gasteiger partial charge in [0.1, 0.15) is 6.04 Å². The molecule has 1 aromatic heterocycles. The van der Waals surface area contributed by atoms with Gasteiger partial charge in [0.25, 0.3) is 0 Å². The lowest BCUT2D eigenvalue weighted by molar-refractivity contribution is -0.138. The van der Waals surface area contributed by atoms with Gasteiger partial charge in [-0.3, -0.25) is 4.98 Å². The molecule has 1 aliphatic rings. The summed E-state index contributed by atoms with van der Waals surface area (Å²) in [5, 5.41) is 9.25. The second-order valence-electron chi connectivity index (χ2n) is 4.25. The van der Waals surface area contributed by atoms with Gasteiger partial charge >= 0.3 is 5.97 Å². The Labute approximate surface area is 111 Å². The molecule has 104 valence electrons. The second-order valence-corrected chi connectivity index (χ2v) is 4.25. The van der Waals surface area contributed by atoms with Crippen molar-refractivity contribution in [1.29, 1.82) is 0 Å². The van der Waals surface area contributed by atoms with Gasteiger partial charge in [0.2, 0.25) is 5.88 Å². The minimum absolute atomic E-state index is 0.112. The summed E-state index contributed by atoms with van der Waals surface area (Å²) in [4.78, 5) is 21.3. The Kier molecular flexibility index (Phi) is 4.16.